The highest BCUT2D eigenvalue weighted by Gasteiger charge is 2.17. The number of rotatable bonds is 7. The zero-order chi connectivity index (χ0) is 18.4. The molecule has 0 aromatic heterocycles. The van der Waals surface area contributed by atoms with E-state index in [4.69, 9.17) is 21.1 Å². The fraction of sp³-hybridized carbons (Fsp3) is 0.278. The molecule has 1 unspecified atom stereocenters. The lowest BCUT2D eigenvalue weighted by Gasteiger charge is -2.16. The molecule has 0 bridgehead atoms. The van der Waals surface area contributed by atoms with Crippen molar-refractivity contribution >= 4 is 23.2 Å². The standard InChI is InChI=1S/C18H20ClFN2O3/c1-22(10-13-14(19)5-4-6-15(13)20)11-18(23)21-16-9-12(24-2)7-8-17(16)25-3/h4-9H,10-11H2,1-3H3,(H,21,23)/p+1. The maximum Gasteiger partial charge on any atom is 0.279 e. The van der Waals surface area contributed by atoms with E-state index < -0.39 is 0 Å². The molecule has 0 fully saturated rings. The van der Waals surface area contributed by atoms with Crippen LogP contribution < -0.4 is 19.7 Å². The van der Waals surface area contributed by atoms with Gasteiger partial charge in [-0.3, -0.25) is 4.79 Å². The van der Waals surface area contributed by atoms with Crippen LogP contribution >= 0.6 is 11.6 Å². The molecule has 7 heteroatoms. The number of ether oxygens (including phenoxy) is 2. The predicted octanol–water partition coefficient (Wildman–Crippen LogP) is 2.15. The van der Waals surface area contributed by atoms with Gasteiger partial charge in [-0.2, -0.15) is 0 Å². The van der Waals surface area contributed by atoms with Gasteiger partial charge in [-0.05, 0) is 24.3 Å². The van der Waals surface area contributed by atoms with Crippen molar-refractivity contribution in [2.24, 2.45) is 0 Å². The van der Waals surface area contributed by atoms with Crippen molar-refractivity contribution in [3.05, 3.63) is 52.8 Å². The van der Waals surface area contributed by atoms with Crippen molar-refractivity contribution in [3.63, 3.8) is 0 Å². The van der Waals surface area contributed by atoms with Crippen LogP contribution in [0.3, 0.4) is 0 Å². The molecule has 5 nitrogen and oxygen atoms in total. The van der Waals surface area contributed by atoms with Gasteiger partial charge in [-0.25, -0.2) is 4.39 Å². The highest BCUT2D eigenvalue weighted by molar-refractivity contribution is 6.31. The molecule has 0 spiro atoms. The van der Waals surface area contributed by atoms with E-state index in [2.05, 4.69) is 5.32 Å². The molecule has 2 aromatic carbocycles. The molecule has 134 valence electrons. The summed E-state index contributed by atoms with van der Waals surface area (Å²) in [5.74, 6) is 0.539. The maximum atomic E-state index is 13.8. The van der Waals surface area contributed by atoms with E-state index in [1.807, 2.05) is 0 Å². The number of nitrogens with one attached hydrogen (secondary N) is 2. The van der Waals surface area contributed by atoms with E-state index in [0.29, 0.717) is 34.3 Å². The fourth-order valence-electron chi connectivity index (χ4n) is 2.45. The van der Waals surface area contributed by atoms with Gasteiger partial charge < -0.3 is 19.7 Å². The molecule has 0 heterocycles. The number of likely N-dealkylation sites (N-methyl/N-ethyl adjacent to an activating group) is 1. The van der Waals surface area contributed by atoms with Crippen molar-refractivity contribution in [1.82, 2.24) is 0 Å². The molecule has 0 radical (unpaired) electrons. The molecule has 0 saturated carbocycles. The smallest absolute Gasteiger partial charge is 0.279 e. The van der Waals surface area contributed by atoms with E-state index >= 15 is 0 Å². The Morgan fingerprint density at radius 1 is 1.24 bits per heavy atom. The number of quaternary nitrogens is 1. The van der Waals surface area contributed by atoms with Crippen LogP contribution in [0.5, 0.6) is 11.5 Å². The minimum atomic E-state index is -0.373. The highest BCUT2D eigenvalue weighted by Crippen LogP contribution is 2.28. The fourth-order valence-corrected chi connectivity index (χ4v) is 2.68. The molecule has 2 rings (SSSR count). The number of methoxy groups -OCH3 is 2. The second kappa shape index (κ2) is 8.69. The number of benzene rings is 2. The lowest BCUT2D eigenvalue weighted by Crippen LogP contribution is -3.08. The number of amides is 1. The molecule has 2 aromatic rings. The first kappa shape index (κ1) is 19.0. The number of hydrogen-bond acceptors (Lipinski definition) is 3. The largest absolute Gasteiger partial charge is 0.497 e. The molecule has 0 aliphatic rings. The van der Waals surface area contributed by atoms with Gasteiger partial charge in [-0.15, -0.1) is 0 Å². The van der Waals surface area contributed by atoms with E-state index in [9.17, 15) is 9.18 Å². The highest BCUT2D eigenvalue weighted by atomic mass is 35.5. The van der Waals surface area contributed by atoms with E-state index in [0.717, 1.165) is 4.90 Å². The van der Waals surface area contributed by atoms with Gasteiger partial charge in [0.25, 0.3) is 5.91 Å². The van der Waals surface area contributed by atoms with Gasteiger partial charge in [0, 0.05) is 6.07 Å². The Morgan fingerprint density at radius 2 is 2.00 bits per heavy atom. The lowest BCUT2D eigenvalue weighted by atomic mass is 10.2. The van der Waals surface area contributed by atoms with Crippen LogP contribution in [0.1, 0.15) is 5.56 Å². The minimum Gasteiger partial charge on any atom is -0.497 e. The third-order valence-electron chi connectivity index (χ3n) is 3.68. The zero-order valence-electron chi connectivity index (χ0n) is 14.4. The minimum absolute atomic E-state index is 0.144. The number of carbonyl (C=O) groups excluding carboxylic acids is 1. The molecule has 1 atom stereocenters. The number of anilines is 1. The first-order valence-corrected chi connectivity index (χ1v) is 8.08. The number of hydrogen-bond donors (Lipinski definition) is 2. The summed E-state index contributed by atoms with van der Waals surface area (Å²) < 4.78 is 24.2. The summed E-state index contributed by atoms with van der Waals surface area (Å²) in [6.45, 7) is 0.444. The first-order valence-electron chi connectivity index (χ1n) is 7.70. The summed E-state index contributed by atoms with van der Waals surface area (Å²) in [5, 5.41) is 3.15. The Kier molecular flexibility index (Phi) is 6.61. The SMILES string of the molecule is COc1ccc(OC)c(NC(=O)C[NH+](C)Cc2c(F)cccc2Cl)c1. The summed E-state index contributed by atoms with van der Waals surface area (Å²) in [6.07, 6.45) is 0. The topological polar surface area (TPSA) is 52.0 Å². The van der Waals surface area contributed by atoms with Crippen LogP contribution in [0.2, 0.25) is 5.02 Å². The molecule has 1 amide bonds. The van der Waals surface area contributed by atoms with Crippen LogP contribution in [0.25, 0.3) is 0 Å². The monoisotopic (exact) mass is 367 g/mol. The summed E-state index contributed by atoms with van der Waals surface area (Å²) in [7, 11) is 4.86. The van der Waals surface area contributed by atoms with Gasteiger partial charge in [0.1, 0.15) is 23.9 Å². The molecule has 25 heavy (non-hydrogen) atoms. The number of halogens is 2. The van der Waals surface area contributed by atoms with Crippen molar-refractivity contribution in [2.75, 3.05) is 33.1 Å². The van der Waals surface area contributed by atoms with Crippen molar-refractivity contribution in [2.45, 2.75) is 6.54 Å². The van der Waals surface area contributed by atoms with E-state index in [-0.39, 0.29) is 18.3 Å². The predicted molar refractivity (Wildman–Crippen MR) is 95.0 cm³/mol. The third kappa shape index (κ3) is 5.08. The van der Waals surface area contributed by atoms with Gasteiger partial charge in [0.15, 0.2) is 6.54 Å². The average Bonchev–Trinajstić information content (AvgIpc) is 2.58. The second-order valence-electron chi connectivity index (χ2n) is 5.63. The Labute approximate surface area is 151 Å². The van der Waals surface area contributed by atoms with Crippen LogP contribution in [-0.2, 0) is 11.3 Å². The molecular formula is C18H21ClFN2O3+. The number of carbonyl (C=O) groups is 1. The van der Waals surface area contributed by atoms with E-state index in [1.165, 1.54) is 13.2 Å². The zero-order valence-corrected chi connectivity index (χ0v) is 15.1. The van der Waals surface area contributed by atoms with E-state index in [1.54, 1.807) is 44.5 Å². The molecule has 0 saturated heterocycles. The van der Waals surface area contributed by atoms with Crippen LogP contribution in [0, 0.1) is 5.82 Å². The second-order valence-corrected chi connectivity index (χ2v) is 6.03. The quantitative estimate of drug-likeness (QED) is 0.788. The third-order valence-corrected chi connectivity index (χ3v) is 4.04. The van der Waals surface area contributed by atoms with Crippen LogP contribution in [-0.4, -0.2) is 33.7 Å². The van der Waals surface area contributed by atoms with Crippen molar-refractivity contribution in [3.8, 4) is 11.5 Å². The Balaban J connectivity index is 2.02. The summed E-state index contributed by atoms with van der Waals surface area (Å²) in [6, 6.07) is 9.68. The van der Waals surface area contributed by atoms with Gasteiger partial charge >= 0.3 is 0 Å². The molecule has 2 N–H and O–H groups in total. The molecule has 0 aliphatic heterocycles. The van der Waals surface area contributed by atoms with Crippen molar-refractivity contribution < 1.29 is 23.6 Å². The molecular weight excluding hydrogens is 347 g/mol. The molecule has 0 aliphatic carbocycles. The van der Waals surface area contributed by atoms with Gasteiger partial charge in [0.2, 0.25) is 0 Å². The Bertz CT molecular complexity index is 735. The Morgan fingerprint density at radius 3 is 2.64 bits per heavy atom. The van der Waals surface area contributed by atoms with Crippen molar-refractivity contribution in [1.29, 1.82) is 0 Å². The van der Waals surface area contributed by atoms with Gasteiger partial charge in [0.05, 0.1) is 37.5 Å². The first-order chi connectivity index (χ1) is 11.9. The summed E-state index contributed by atoms with van der Waals surface area (Å²) in [4.78, 5) is 13.1. The maximum absolute atomic E-state index is 13.8. The average molecular weight is 368 g/mol. The normalized spacial score (nSPS) is 11.7. The van der Waals surface area contributed by atoms with Crippen LogP contribution in [0.4, 0.5) is 10.1 Å². The van der Waals surface area contributed by atoms with Gasteiger partial charge in [-0.1, -0.05) is 17.7 Å². The summed E-state index contributed by atoms with van der Waals surface area (Å²) >= 11 is 6.03. The Hall–Kier alpha value is -2.31. The lowest BCUT2D eigenvalue weighted by molar-refractivity contribution is -0.885. The van der Waals surface area contributed by atoms with Crippen LogP contribution in [0.15, 0.2) is 36.4 Å². The summed E-state index contributed by atoms with van der Waals surface area (Å²) in [5.41, 5.74) is 0.914.